The number of halogens is 1. The topological polar surface area (TPSA) is 72.4 Å². The van der Waals surface area contributed by atoms with Crippen molar-refractivity contribution in [2.24, 2.45) is 0 Å². The molecule has 29 heavy (non-hydrogen) atoms. The van der Waals surface area contributed by atoms with Crippen LogP contribution < -0.4 is 15.4 Å². The highest BCUT2D eigenvalue weighted by Gasteiger charge is 2.24. The van der Waals surface area contributed by atoms with Gasteiger partial charge < -0.3 is 19.9 Å². The summed E-state index contributed by atoms with van der Waals surface area (Å²) in [4.78, 5) is 24.7. The second-order valence-corrected chi connectivity index (χ2v) is 7.93. The van der Waals surface area contributed by atoms with Gasteiger partial charge in [-0.1, -0.05) is 15.9 Å². The first-order valence-corrected chi connectivity index (χ1v) is 10.0. The van der Waals surface area contributed by atoms with Gasteiger partial charge >= 0.3 is 0 Å². The second kappa shape index (κ2) is 7.40. The largest absolute Gasteiger partial charge is 0.479 e. The molecular weight excluding hydrogens is 434 g/mol. The lowest BCUT2D eigenvalue weighted by molar-refractivity contribution is -0.122. The van der Waals surface area contributed by atoms with Gasteiger partial charge in [0.15, 0.2) is 6.10 Å². The van der Waals surface area contributed by atoms with E-state index in [1.54, 1.807) is 25.1 Å². The Labute approximate surface area is 177 Å². The molecule has 2 N–H and O–H groups in total. The summed E-state index contributed by atoms with van der Waals surface area (Å²) < 4.78 is 8.60. The highest BCUT2D eigenvalue weighted by atomic mass is 79.9. The maximum atomic E-state index is 12.9. The average molecular weight is 454 g/mol. The molecule has 4 rings (SSSR count). The molecule has 0 fully saturated rings. The van der Waals surface area contributed by atoms with Crippen molar-refractivity contribution in [1.29, 1.82) is 0 Å². The third-order valence-corrected chi connectivity index (χ3v) is 5.46. The van der Waals surface area contributed by atoms with Crippen molar-refractivity contribution < 1.29 is 14.3 Å². The molecule has 0 saturated carbocycles. The van der Waals surface area contributed by atoms with Crippen molar-refractivity contribution in [3.8, 4) is 11.4 Å². The Hall–Kier alpha value is -3.06. The Balaban J connectivity index is 1.60. The molecule has 0 unspecified atom stereocenters. The number of ether oxygens (including phenoxy) is 1. The summed E-state index contributed by atoms with van der Waals surface area (Å²) in [6.45, 7) is 5.58. The van der Waals surface area contributed by atoms with E-state index in [9.17, 15) is 9.59 Å². The number of hydrogen-bond acceptors (Lipinski definition) is 3. The fourth-order valence-corrected chi connectivity index (χ4v) is 3.73. The molecule has 2 heterocycles. The number of amides is 2. The minimum Gasteiger partial charge on any atom is -0.479 e. The molecule has 0 spiro atoms. The highest BCUT2D eigenvalue weighted by molar-refractivity contribution is 9.10. The minimum atomic E-state index is -0.535. The maximum absolute atomic E-state index is 12.9. The average Bonchev–Trinajstić information content (AvgIpc) is 2.98. The zero-order valence-corrected chi connectivity index (χ0v) is 17.8. The number of anilines is 2. The molecule has 2 amide bonds. The van der Waals surface area contributed by atoms with Gasteiger partial charge in [-0.15, -0.1) is 0 Å². The van der Waals surface area contributed by atoms with E-state index in [-0.39, 0.29) is 11.8 Å². The number of nitrogens with zero attached hydrogens (tertiary/aromatic N) is 1. The first-order chi connectivity index (χ1) is 13.8. The number of carbonyl (C=O) groups excluding carboxylic acids is 2. The van der Waals surface area contributed by atoms with Gasteiger partial charge in [-0.05, 0) is 69.3 Å². The zero-order valence-electron chi connectivity index (χ0n) is 16.2. The summed E-state index contributed by atoms with van der Waals surface area (Å²) in [5, 5.41) is 5.70. The summed E-state index contributed by atoms with van der Waals surface area (Å²) in [7, 11) is 0. The monoisotopic (exact) mass is 453 g/mol. The van der Waals surface area contributed by atoms with Gasteiger partial charge in [0.25, 0.3) is 11.8 Å². The van der Waals surface area contributed by atoms with Crippen LogP contribution in [-0.4, -0.2) is 22.5 Å². The van der Waals surface area contributed by atoms with Crippen LogP contribution in [0.4, 0.5) is 11.4 Å². The van der Waals surface area contributed by atoms with Crippen molar-refractivity contribution >= 4 is 39.1 Å². The standard InChI is InChI=1S/C22H20BrN3O3/c1-12-10-18(13(2)26(12)17-7-4-15(23)5-8-17)22(28)24-16-6-9-20-19(11-16)25-21(27)14(3)29-20/h4-11,14H,1-3H3,(H,24,28)(H,25,27)/t14-/m1/s1. The van der Waals surface area contributed by atoms with Crippen LogP contribution in [-0.2, 0) is 4.79 Å². The van der Waals surface area contributed by atoms with E-state index in [0.717, 1.165) is 21.5 Å². The molecule has 0 aliphatic carbocycles. The Kier molecular flexibility index (Phi) is 4.92. The van der Waals surface area contributed by atoms with Gasteiger partial charge in [0.1, 0.15) is 5.75 Å². The lowest BCUT2D eigenvalue weighted by atomic mass is 10.2. The molecule has 7 heteroatoms. The number of aromatic nitrogens is 1. The van der Waals surface area contributed by atoms with Crippen molar-refractivity contribution in [3.05, 3.63) is 70.0 Å². The molecule has 6 nitrogen and oxygen atoms in total. The van der Waals surface area contributed by atoms with Gasteiger partial charge in [0.05, 0.1) is 11.3 Å². The van der Waals surface area contributed by atoms with Crippen LogP contribution in [0.25, 0.3) is 5.69 Å². The first kappa shape index (κ1) is 19.3. The number of hydrogen-bond donors (Lipinski definition) is 2. The molecule has 3 aromatic rings. The molecule has 1 aliphatic heterocycles. The van der Waals surface area contributed by atoms with E-state index in [1.165, 1.54) is 0 Å². The van der Waals surface area contributed by atoms with Crippen LogP contribution in [0.1, 0.15) is 28.7 Å². The Morgan fingerprint density at radius 1 is 1.14 bits per heavy atom. The summed E-state index contributed by atoms with van der Waals surface area (Å²) in [6, 6.07) is 15.0. The summed E-state index contributed by atoms with van der Waals surface area (Å²) in [5.41, 5.74) is 4.54. The van der Waals surface area contributed by atoms with E-state index in [2.05, 4.69) is 26.6 Å². The van der Waals surface area contributed by atoms with Gasteiger partial charge in [-0.3, -0.25) is 9.59 Å². The zero-order chi connectivity index (χ0) is 20.7. The van der Waals surface area contributed by atoms with Crippen molar-refractivity contribution in [3.63, 3.8) is 0 Å². The molecular formula is C22H20BrN3O3. The summed E-state index contributed by atoms with van der Waals surface area (Å²) >= 11 is 3.45. The molecule has 2 aromatic carbocycles. The number of fused-ring (bicyclic) bond motifs is 1. The molecule has 1 atom stereocenters. The van der Waals surface area contributed by atoms with Crippen LogP contribution in [0.5, 0.6) is 5.75 Å². The quantitative estimate of drug-likeness (QED) is 0.596. The number of rotatable bonds is 3. The minimum absolute atomic E-state index is 0.209. The summed E-state index contributed by atoms with van der Waals surface area (Å²) in [6.07, 6.45) is -0.535. The predicted octanol–water partition coefficient (Wildman–Crippen LogP) is 4.83. The SMILES string of the molecule is Cc1cc(C(=O)Nc2ccc3c(c2)NC(=O)[C@@H](C)O3)c(C)n1-c1ccc(Br)cc1. The molecule has 1 aliphatic rings. The van der Waals surface area contributed by atoms with Gasteiger partial charge in [-0.2, -0.15) is 0 Å². The number of benzene rings is 2. The van der Waals surface area contributed by atoms with Crippen LogP contribution in [0.15, 0.2) is 53.0 Å². The fourth-order valence-electron chi connectivity index (χ4n) is 3.47. The van der Waals surface area contributed by atoms with Crippen LogP contribution in [0.3, 0.4) is 0 Å². The third-order valence-electron chi connectivity index (χ3n) is 4.93. The molecule has 0 bridgehead atoms. The number of carbonyl (C=O) groups is 2. The van der Waals surface area contributed by atoms with Gasteiger partial charge in [0.2, 0.25) is 0 Å². The molecule has 1 aromatic heterocycles. The molecule has 0 radical (unpaired) electrons. The molecule has 148 valence electrons. The highest BCUT2D eigenvalue weighted by Crippen LogP contribution is 2.32. The van der Waals surface area contributed by atoms with Gasteiger partial charge in [0, 0.05) is 27.2 Å². The third kappa shape index (κ3) is 3.65. The number of nitrogens with one attached hydrogen (secondary N) is 2. The van der Waals surface area contributed by atoms with Crippen LogP contribution >= 0.6 is 15.9 Å². The predicted molar refractivity (Wildman–Crippen MR) is 116 cm³/mol. The van der Waals surface area contributed by atoms with E-state index in [0.29, 0.717) is 22.7 Å². The van der Waals surface area contributed by atoms with Gasteiger partial charge in [-0.25, -0.2) is 0 Å². The van der Waals surface area contributed by atoms with E-state index in [1.807, 2.05) is 48.7 Å². The van der Waals surface area contributed by atoms with E-state index < -0.39 is 6.10 Å². The second-order valence-electron chi connectivity index (χ2n) is 7.01. The number of aryl methyl sites for hydroxylation is 1. The normalized spacial score (nSPS) is 15.3. The van der Waals surface area contributed by atoms with Crippen LogP contribution in [0.2, 0.25) is 0 Å². The fraction of sp³-hybridized carbons (Fsp3) is 0.182. The van der Waals surface area contributed by atoms with Crippen molar-refractivity contribution in [1.82, 2.24) is 4.57 Å². The van der Waals surface area contributed by atoms with Crippen molar-refractivity contribution in [2.45, 2.75) is 26.9 Å². The first-order valence-electron chi connectivity index (χ1n) is 9.21. The maximum Gasteiger partial charge on any atom is 0.265 e. The van der Waals surface area contributed by atoms with Crippen LogP contribution in [0, 0.1) is 13.8 Å². The molecule has 0 saturated heterocycles. The smallest absolute Gasteiger partial charge is 0.265 e. The summed E-state index contributed by atoms with van der Waals surface area (Å²) in [5.74, 6) is 0.167. The van der Waals surface area contributed by atoms with E-state index in [4.69, 9.17) is 4.74 Å². The lowest BCUT2D eigenvalue weighted by Crippen LogP contribution is -2.34. The Morgan fingerprint density at radius 2 is 1.86 bits per heavy atom. The Bertz CT molecular complexity index is 1120. The lowest BCUT2D eigenvalue weighted by Gasteiger charge is -2.23. The van der Waals surface area contributed by atoms with E-state index >= 15 is 0 Å². The van der Waals surface area contributed by atoms with Crippen molar-refractivity contribution in [2.75, 3.05) is 10.6 Å². The Morgan fingerprint density at radius 3 is 2.59 bits per heavy atom.